The highest BCUT2D eigenvalue weighted by atomic mass is 16.4. The third-order valence-corrected chi connectivity index (χ3v) is 12.1. The highest BCUT2D eigenvalue weighted by molar-refractivity contribution is 5.98. The van der Waals surface area contributed by atoms with Crippen LogP contribution in [0.2, 0.25) is 0 Å². The summed E-state index contributed by atoms with van der Waals surface area (Å²) in [6, 6.07) is 0.713. The second-order valence-electron chi connectivity index (χ2n) is 18.7. The molecule has 0 unspecified atom stereocenters. The Balaban J connectivity index is 1.83. The molecule has 1 aromatic heterocycles. The van der Waals surface area contributed by atoms with E-state index < -0.39 is 151 Å². The Hall–Kier alpha value is -7.64. The summed E-state index contributed by atoms with van der Waals surface area (Å²) in [6.07, 6.45) is -0.672. The number of phenolic OH excluding ortho intramolecular Hbond substituents is 1. The Bertz CT molecular complexity index is 2460. The molecule has 0 radical (unpaired) electrons. The van der Waals surface area contributed by atoms with Crippen LogP contribution in [0.3, 0.4) is 0 Å². The number of aliphatic hydroxyl groups excluding tert-OH is 2. The number of benzene rings is 2. The minimum absolute atomic E-state index is 0.114. The molecule has 2 aromatic carbocycles. The van der Waals surface area contributed by atoms with Crippen LogP contribution in [0.5, 0.6) is 5.75 Å². The molecule has 0 aliphatic heterocycles. The maximum Gasteiger partial charge on any atom is 0.326 e. The fourth-order valence-electron chi connectivity index (χ4n) is 7.51. The Labute approximate surface area is 426 Å². The number of carbonyl (C=O) groups is 10. The molecule has 16 N–H and O–H groups in total. The summed E-state index contributed by atoms with van der Waals surface area (Å²) in [4.78, 5) is 135. The topological polar surface area (TPSA) is 410 Å². The third-order valence-electron chi connectivity index (χ3n) is 12.1. The highest BCUT2D eigenvalue weighted by Crippen LogP contribution is 2.20. The number of H-pyrrole nitrogens is 1. The van der Waals surface area contributed by atoms with E-state index >= 15 is 0 Å². The summed E-state index contributed by atoms with van der Waals surface area (Å²) < 4.78 is 0. The number of aromatic amines is 1. The molecule has 8 amide bonds. The van der Waals surface area contributed by atoms with E-state index in [-0.39, 0.29) is 18.6 Å². The van der Waals surface area contributed by atoms with Gasteiger partial charge in [-0.15, -0.1) is 0 Å². The van der Waals surface area contributed by atoms with E-state index in [4.69, 9.17) is 10.8 Å². The van der Waals surface area contributed by atoms with Crippen LogP contribution in [0, 0.1) is 17.8 Å². The molecule has 1 heterocycles. The number of hydrogen-bond acceptors (Lipinski definition) is 14. The number of carboxylic acid groups (broad SMARTS) is 2. The molecule has 0 aliphatic carbocycles. The minimum Gasteiger partial charge on any atom is -0.508 e. The number of carbonyl (C=O) groups excluding carboxylic acids is 8. The normalized spacial score (nSPS) is 15.4. The Kier molecular flexibility index (Phi) is 23.4. The number of rotatable bonds is 29. The molecule has 0 fully saturated rings. The summed E-state index contributed by atoms with van der Waals surface area (Å²) in [7, 11) is 0. The highest BCUT2D eigenvalue weighted by Gasteiger charge is 2.36. The van der Waals surface area contributed by atoms with Gasteiger partial charge in [0.1, 0.15) is 48.0 Å². The van der Waals surface area contributed by atoms with Gasteiger partial charge < -0.3 is 78.8 Å². The SMILES string of the molecule is CC[C@H](C)[C@H](NC(=O)[C@@H](NC(=O)[C@@H](NC(=O)CNC(=O)[C@H](Cc1ccc(O)cc1)NC(=O)[C@H](CO)NC(=O)[C@H](Cc1c[nH]c2ccccc12)NC(=O)[C@@H](NC(=O)[C@@H](N)CC(=O)O)C(C)C)C(C)C)[C@@H](C)O)C(=O)O. The van der Waals surface area contributed by atoms with Crippen molar-refractivity contribution >= 4 is 70.1 Å². The quantitative estimate of drug-likeness (QED) is 0.0350. The van der Waals surface area contributed by atoms with Crippen LogP contribution in [0.4, 0.5) is 0 Å². The number of aliphatic hydroxyl groups is 2. The van der Waals surface area contributed by atoms with Gasteiger partial charge in [-0.2, -0.15) is 0 Å². The molecule has 0 aliphatic rings. The van der Waals surface area contributed by atoms with Gasteiger partial charge in [0.25, 0.3) is 0 Å². The fourth-order valence-corrected chi connectivity index (χ4v) is 7.51. The maximum atomic E-state index is 14.2. The molecule has 25 nitrogen and oxygen atoms in total. The van der Waals surface area contributed by atoms with Crippen molar-refractivity contribution in [1.29, 1.82) is 0 Å². The number of aromatic hydroxyl groups is 1. The van der Waals surface area contributed by atoms with Gasteiger partial charge in [0.05, 0.1) is 31.7 Å². The zero-order valence-electron chi connectivity index (χ0n) is 42.3. The number of aromatic nitrogens is 1. The first-order valence-corrected chi connectivity index (χ1v) is 24.0. The van der Waals surface area contributed by atoms with Crippen LogP contribution in [0.25, 0.3) is 10.9 Å². The molecule has 0 saturated heterocycles. The number of aliphatic carboxylic acids is 2. The zero-order valence-corrected chi connectivity index (χ0v) is 42.3. The lowest BCUT2D eigenvalue weighted by Gasteiger charge is -2.28. The van der Waals surface area contributed by atoms with Gasteiger partial charge in [-0.3, -0.25) is 43.2 Å². The third kappa shape index (κ3) is 18.1. The molecule has 406 valence electrons. The molecule has 3 aromatic rings. The van der Waals surface area contributed by atoms with Gasteiger partial charge in [0.2, 0.25) is 47.3 Å². The van der Waals surface area contributed by atoms with Crippen LogP contribution >= 0.6 is 0 Å². The predicted molar refractivity (Wildman–Crippen MR) is 266 cm³/mol. The smallest absolute Gasteiger partial charge is 0.326 e. The van der Waals surface area contributed by atoms with Gasteiger partial charge >= 0.3 is 11.9 Å². The first-order chi connectivity index (χ1) is 34.8. The molecule has 0 saturated carbocycles. The standard InChI is InChI=1S/C49H70N10O15/c1-8-25(6)40(49(73)74)58-48(72)41(26(7)61)59-47(71)38(23(2)3)56-36(63)21-52-43(67)33(17-27-13-15-29(62)16-14-27)53-45(69)35(22-60)55-44(68)34(18-28-20-51-32-12-10-9-11-30(28)32)54-46(70)39(24(4)5)57-42(66)31(50)19-37(64)65/h9-16,20,23-26,31,33-35,38-41,51,60-62H,8,17-19,21-22,50H2,1-7H3,(H,52,67)(H,53,69)(H,54,70)(H,55,68)(H,56,63)(H,57,66)(H,58,72)(H,59,71)(H,64,65)(H,73,74)/t25-,26+,31-,33-,34-,35-,38-,39-,40-,41-/m0/s1. The summed E-state index contributed by atoms with van der Waals surface area (Å²) in [6.45, 7) is 9.03. The number of nitrogens with two attached hydrogens (primary N) is 1. The lowest BCUT2D eigenvalue weighted by Crippen LogP contribution is -2.61. The van der Waals surface area contributed by atoms with Crippen molar-refractivity contribution in [2.45, 2.75) is 129 Å². The molecule has 3 rings (SSSR count). The van der Waals surface area contributed by atoms with Crippen LogP contribution in [0.1, 0.15) is 72.4 Å². The first kappa shape index (κ1) is 60.7. The largest absolute Gasteiger partial charge is 0.508 e. The van der Waals surface area contributed by atoms with Gasteiger partial charge in [0.15, 0.2) is 0 Å². The van der Waals surface area contributed by atoms with Gasteiger partial charge in [-0.05, 0) is 54.0 Å². The summed E-state index contributed by atoms with van der Waals surface area (Å²) in [5.41, 5.74) is 7.38. The predicted octanol–water partition coefficient (Wildman–Crippen LogP) is -2.21. The number of para-hydroxylation sites is 1. The van der Waals surface area contributed by atoms with Crippen molar-refractivity contribution in [2.75, 3.05) is 13.2 Å². The Morgan fingerprint density at radius 1 is 0.608 bits per heavy atom. The van der Waals surface area contributed by atoms with E-state index in [1.165, 1.54) is 31.2 Å². The number of nitrogens with one attached hydrogen (secondary N) is 9. The van der Waals surface area contributed by atoms with Gasteiger partial charge in [-0.25, -0.2) is 4.79 Å². The number of hydrogen-bond donors (Lipinski definition) is 15. The Morgan fingerprint density at radius 2 is 1.12 bits per heavy atom. The number of phenols is 1. The molecule has 25 heteroatoms. The Morgan fingerprint density at radius 3 is 1.69 bits per heavy atom. The van der Waals surface area contributed by atoms with Crippen molar-refractivity contribution in [1.82, 2.24) is 47.5 Å². The maximum absolute atomic E-state index is 14.2. The first-order valence-electron chi connectivity index (χ1n) is 24.0. The van der Waals surface area contributed by atoms with Crippen molar-refractivity contribution in [3.05, 3.63) is 65.9 Å². The van der Waals surface area contributed by atoms with Crippen LogP contribution in [0.15, 0.2) is 54.7 Å². The van der Waals surface area contributed by atoms with Gasteiger partial charge in [0, 0.05) is 29.9 Å². The summed E-state index contributed by atoms with van der Waals surface area (Å²) in [5, 5.41) is 69.6. The van der Waals surface area contributed by atoms with E-state index in [9.17, 15) is 68.4 Å². The molecular weight excluding hydrogens is 969 g/mol. The fraction of sp³-hybridized carbons (Fsp3) is 0.510. The number of carboxylic acids is 2. The van der Waals surface area contributed by atoms with Crippen LogP contribution in [-0.2, 0) is 60.8 Å². The second kappa shape index (κ2) is 28.6. The van der Waals surface area contributed by atoms with Crippen molar-refractivity contribution in [2.24, 2.45) is 23.5 Å². The average Bonchev–Trinajstić information content (AvgIpc) is 3.75. The lowest BCUT2D eigenvalue weighted by molar-refractivity contribution is -0.144. The van der Waals surface area contributed by atoms with E-state index in [0.29, 0.717) is 28.5 Å². The summed E-state index contributed by atoms with van der Waals surface area (Å²) >= 11 is 0. The molecule has 74 heavy (non-hydrogen) atoms. The van der Waals surface area contributed by atoms with Gasteiger partial charge in [-0.1, -0.05) is 78.3 Å². The van der Waals surface area contributed by atoms with Crippen LogP contribution in [-0.4, -0.2) is 157 Å². The molecular formula is C49H70N10O15. The second-order valence-corrected chi connectivity index (χ2v) is 18.7. The van der Waals surface area contributed by atoms with Crippen molar-refractivity contribution in [3.63, 3.8) is 0 Å². The van der Waals surface area contributed by atoms with E-state index in [1.807, 2.05) is 0 Å². The number of amides is 8. The van der Waals surface area contributed by atoms with E-state index in [2.05, 4.69) is 47.5 Å². The monoisotopic (exact) mass is 1040 g/mol. The van der Waals surface area contributed by atoms with E-state index in [1.54, 1.807) is 72.0 Å². The van der Waals surface area contributed by atoms with Crippen molar-refractivity contribution in [3.8, 4) is 5.75 Å². The molecule has 10 atom stereocenters. The number of fused-ring (bicyclic) bond motifs is 1. The summed E-state index contributed by atoms with van der Waals surface area (Å²) in [5.74, 6) is -12.2. The van der Waals surface area contributed by atoms with Crippen LogP contribution < -0.4 is 48.3 Å². The molecule has 0 bridgehead atoms. The lowest BCUT2D eigenvalue weighted by atomic mass is 9.98. The minimum atomic E-state index is -1.76. The zero-order chi connectivity index (χ0) is 55.6. The molecule has 0 spiro atoms. The van der Waals surface area contributed by atoms with E-state index in [0.717, 1.165) is 0 Å². The van der Waals surface area contributed by atoms with Crippen molar-refractivity contribution < 1.29 is 73.5 Å². The average molecular weight is 1040 g/mol.